The minimum Gasteiger partial charge on any atom is -0.494 e. The van der Waals surface area contributed by atoms with Gasteiger partial charge in [-0.05, 0) is 71.8 Å². The molecule has 0 aromatic heterocycles. The molecule has 0 atom stereocenters. The Morgan fingerprint density at radius 1 is 0.710 bits per heavy atom. The third-order valence-corrected chi connectivity index (χ3v) is 4.74. The van der Waals surface area contributed by atoms with Gasteiger partial charge in [0.15, 0.2) is 0 Å². The first kappa shape index (κ1) is 20.5. The van der Waals surface area contributed by atoms with Crippen LogP contribution < -0.4 is 4.74 Å². The molecule has 0 spiro atoms. The molecule has 31 heavy (non-hydrogen) atoms. The van der Waals surface area contributed by atoms with Crippen molar-refractivity contribution in [3.63, 3.8) is 0 Å². The van der Waals surface area contributed by atoms with Gasteiger partial charge in [-0.1, -0.05) is 24.0 Å². The molecule has 0 aliphatic carbocycles. The predicted octanol–water partition coefficient (Wildman–Crippen LogP) is 6.86. The third-order valence-electron chi connectivity index (χ3n) is 4.74. The van der Waals surface area contributed by atoms with E-state index < -0.39 is 23.0 Å². The number of rotatable bonds is 3. The highest BCUT2D eigenvalue weighted by atomic mass is 19.1. The fourth-order valence-corrected chi connectivity index (χ4v) is 3.26. The predicted molar refractivity (Wildman–Crippen MR) is 113 cm³/mol. The minimum absolute atomic E-state index is 0.0579. The second-order valence-electron chi connectivity index (χ2n) is 6.85. The molecule has 0 radical (unpaired) electrons. The molecular formula is C26H16F4O. The standard InChI is InChI=1S/C26H16F4O/c1-2-31-21-8-10-22(26(30)15-21)19-13-24(28)23(25(29)14-19)9-4-16-3-5-18-12-20(27)7-6-17(18)11-16/h3,5-8,10-15H,2H2,1H3. The van der Waals surface area contributed by atoms with Crippen LogP contribution in [0.1, 0.15) is 18.1 Å². The van der Waals surface area contributed by atoms with Gasteiger partial charge >= 0.3 is 0 Å². The average molecular weight is 420 g/mol. The Hall–Kier alpha value is -3.78. The highest BCUT2D eigenvalue weighted by Gasteiger charge is 2.14. The van der Waals surface area contributed by atoms with E-state index in [1.165, 1.54) is 30.3 Å². The Labute approximate surface area is 176 Å². The van der Waals surface area contributed by atoms with Crippen molar-refractivity contribution in [1.82, 2.24) is 0 Å². The molecular weight excluding hydrogens is 404 g/mol. The van der Waals surface area contributed by atoms with Crippen molar-refractivity contribution in [2.75, 3.05) is 6.61 Å². The van der Waals surface area contributed by atoms with Crippen molar-refractivity contribution in [3.05, 3.63) is 101 Å². The number of halogens is 4. The maximum Gasteiger partial charge on any atom is 0.142 e. The smallest absolute Gasteiger partial charge is 0.142 e. The van der Waals surface area contributed by atoms with Crippen molar-refractivity contribution >= 4 is 10.8 Å². The van der Waals surface area contributed by atoms with E-state index in [2.05, 4.69) is 11.8 Å². The van der Waals surface area contributed by atoms with E-state index in [0.717, 1.165) is 17.5 Å². The Bertz CT molecular complexity index is 1330. The number of ether oxygens (including phenoxy) is 1. The number of hydrogen-bond acceptors (Lipinski definition) is 1. The van der Waals surface area contributed by atoms with Crippen LogP contribution in [0.2, 0.25) is 0 Å². The molecule has 0 saturated heterocycles. The molecule has 4 aromatic rings. The second kappa shape index (κ2) is 8.53. The van der Waals surface area contributed by atoms with E-state index in [4.69, 9.17) is 4.74 Å². The topological polar surface area (TPSA) is 9.23 Å². The zero-order valence-corrected chi connectivity index (χ0v) is 16.5. The summed E-state index contributed by atoms with van der Waals surface area (Å²) in [6, 6.07) is 15.6. The van der Waals surface area contributed by atoms with Crippen molar-refractivity contribution in [1.29, 1.82) is 0 Å². The maximum atomic E-state index is 14.6. The van der Waals surface area contributed by atoms with E-state index in [0.29, 0.717) is 23.3 Å². The van der Waals surface area contributed by atoms with Gasteiger partial charge in [-0.15, -0.1) is 0 Å². The molecule has 0 heterocycles. The summed E-state index contributed by atoms with van der Waals surface area (Å²) in [5.74, 6) is 2.80. The van der Waals surface area contributed by atoms with Gasteiger partial charge in [0.25, 0.3) is 0 Å². The Morgan fingerprint density at radius 2 is 1.42 bits per heavy atom. The Morgan fingerprint density at radius 3 is 2.13 bits per heavy atom. The van der Waals surface area contributed by atoms with E-state index in [1.807, 2.05) is 0 Å². The van der Waals surface area contributed by atoms with Crippen LogP contribution in [0.5, 0.6) is 5.75 Å². The molecule has 5 heteroatoms. The van der Waals surface area contributed by atoms with Gasteiger partial charge in [0.1, 0.15) is 29.0 Å². The summed E-state index contributed by atoms with van der Waals surface area (Å²) in [6.07, 6.45) is 0. The van der Waals surface area contributed by atoms with Crippen LogP contribution in [0, 0.1) is 35.1 Å². The Balaban J connectivity index is 1.67. The lowest BCUT2D eigenvalue weighted by Gasteiger charge is -2.08. The first-order chi connectivity index (χ1) is 14.9. The van der Waals surface area contributed by atoms with Gasteiger partial charge in [0.05, 0.1) is 12.2 Å². The summed E-state index contributed by atoms with van der Waals surface area (Å²) in [7, 11) is 0. The van der Waals surface area contributed by atoms with Crippen LogP contribution in [-0.2, 0) is 0 Å². The largest absolute Gasteiger partial charge is 0.494 e. The van der Waals surface area contributed by atoms with Crippen LogP contribution in [-0.4, -0.2) is 6.61 Å². The first-order valence-electron chi connectivity index (χ1n) is 9.57. The minimum atomic E-state index is -0.890. The zero-order valence-electron chi connectivity index (χ0n) is 16.5. The van der Waals surface area contributed by atoms with Crippen LogP contribution in [0.4, 0.5) is 17.6 Å². The molecule has 0 bridgehead atoms. The molecule has 4 aromatic carbocycles. The molecule has 0 aliphatic heterocycles. The maximum absolute atomic E-state index is 14.6. The lowest BCUT2D eigenvalue weighted by Crippen LogP contribution is -1.96. The summed E-state index contributed by atoms with van der Waals surface area (Å²) in [6.45, 7) is 2.15. The zero-order chi connectivity index (χ0) is 22.0. The third kappa shape index (κ3) is 4.39. The van der Waals surface area contributed by atoms with Gasteiger partial charge < -0.3 is 4.74 Å². The molecule has 0 amide bonds. The molecule has 0 aliphatic rings. The van der Waals surface area contributed by atoms with Crippen molar-refractivity contribution in [3.8, 4) is 28.7 Å². The van der Waals surface area contributed by atoms with Crippen LogP contribution in [0.25, 0.3) is 21.9 Å². The summed E-state index contributed by atoms with van der Waals surface area (Å²) in [5.41, 5.74) is 0.241. The highest BCUT2D eigenvalue weighted by Crippen LogP contribution is 2.29. The number of fused-ring (bicyclic) bond motifs is 1. The fraction of sp³-hybridized carbons (Fsp3) is 0.0769. The summed E-state index contributed by atoms with van der Waals surface area (Å²) in [4.78, 5) is 0. The van der Waals surface area contributed by atoms with Gasteiger partial charge in [-0.25, -0.2) is 17.6 Å². The van der Waals surface area contributed by atoms with Crippen molar-refractivity contribution in [2.45, 2.75) is 6.92 Å². The van der Waals surface area contributed by atoms with Gasteiger partial charge in [-0.2, -0.15) is 0 Å². The Kier molecular flexibility index (Phi) is 5.64. The second-order valence-corrected chi connectivity index (χ2v) is 6.85. The highest BCUT2D eigenvalue weighted by molar-refractivity contribution is 5.84. The van der Waals surface area contributed by atoms with Crippen molar-refractivity contribution < 1.29 is 22.3 Å². The molecule has 0 unspecified atom stereocenters. The molecule has 1 nitrogen and oxygen atoms in total. The molecule has 0 saturated carbocycles. The normalized spacial score (nSPS) is 10.6. The summed E-state index contributed by atoms with van der Waals surface area (Å²) >= 11 is 0. The number of benzene rings is 4. The van der Waals surface area contributed by atoms with Crippen LogP contribution >= 0.6 is 0 Å². The van der Waals surface area contributed by atoms with E-state index in [1.54, 1.807) is 31.2 Å². The molecule has 0 N–H and O–H groups in total. The molecule has 154 valence electrons. The SMILES string of the molecule is CCOc1ccc(-c2cc(F)c(C#Cc3ccc4cc(F)ccc4c3)c(F)c2)c(F)c1. The fourth-order valence-electron chi connectivity index (χ4n) is 3.26. The molecule has 0 fully saturated rings. The van der Waals surface area contributed by atoms with E-state index in [9.17, 15) is 17.6 Å². The average Bonchev–Trinajstić information content (AvgIpc) is 2.73. The lowest BCUT2D eigenvalue weighted by atomic mass is 10.0. The van der Waals surface area contributed by atoms with E-state index >= 15 is 0 Å². The quantitative estimate of drug-likeness (QED) is 0.260. The lowest BCUT2D eigenvalue weighted by molar-refractivity contribution is 0.338. The first-order valence-corrected chi connectivity index (χ1v) is 9.57. The van der Waals surface area contributed by atoms with Gasteiger partial charge in [-0.3, -0.25) is 0 Å². The van der Waals surface area contributed by atoms with Gasteiger partial charge in [0, 0.05) is 17.2 Å². The summed E-state index contributed by atoms with van der Waals surface area (Å²) in [5, 5.41) is 1.46. The van der Waals surface area contributed by atoms with Crippen LogP contribution in [0.15, 0.2) is 66.7 Å². The summed E-state index contributed by atoms with van der Waals surface area (Å²) < 4.78 is 62.1. The van der Waals surface area contributed by atoms with Crippen molar-refractivity contribution in [2.24, 2.45) is 0 Å². The van der Waals surface area contributed by atoms with Crippen LogP contribution in [0.3, 0.4) is 0 Å². The van der Waals surface area contributed by atoms with E-state index in [-0.39, 0.29) is 16.9 Å². The molecule has 4 rings (SSSR count). The number of hydrogen-bond donors (Lipinski definition) is 0. The van der Waals surface area contributed by atoms with Gasteiger partial charge in [0.2, 0.25) is 0 Å². The monoisotopic (exact) mass is 420 g/mol.